The summed E-state index contributed by atoms with van der Waals surface area (Å²) in [5.74, 6) is -0.404. The van der Waals surface area contributed by atoms with Crippen LogP contribution in [0.25, 0.3) is 0 Å². The van der Waals surface area contributed by atoms with Crippen molar-refractivity contribution in [1.29, 1.82) is 0 Å². The molecule has 0 unspecified atom stereocenters. The first-order chi connectivity index (χ1) is 23.9. The minimum absolute atomic E-state index is 0. The Morgan fingerprint density at radius 1 is 0.510 bits per heavy atom. The number of unbranched alkanes of at least 4 members (excludes halogenated alkanes) is 22. The molecule has 0 aliphatic heterocycles. The van der Waals surface area contributed by atoms with Gasteiger partial charge in [0, 0.05) is 5.56 Å². The molecular formula is C40H66CaO8S2. The zero-order chi connectivity index (χ0) is 37.1. The first-order valence-electron chi connectivity index (χ1n) is 19.5. The second-order valence-electron chi connectivity index (χ2n) is 13.7. The molecule has 11 heteroatoms. The van der Waals surface area contributed by atoms with Gasteiger partial charge in [-0.15, -0.1) is 5.75 Å². The predicted octanol–water partition coefficient (Wildman–Crippen LogP) is 10.4. The molecule has 51 heavy (non-hydrogen) atoms. The first-order valence-corrected chi connectivity index (χ1v) is 22.3. The Kier molecular flexibility index (Phi) is 29.9. The van der Waals surface area contributed by atoms with Gasteiger partial charge in [-0.25, -0.2) is 8.42 Å². The van der Waals surface area contributed by atoms with Crippen molar-refractivity contribution in [2.45, 2.75) is 191 Å². The molecule has 2 N–H and O–H groups in total. The molecule has 0 aliphatic rings. The van der Waals surface area contributed by atoms with Crippen LogP contribution in [-0.4, -0.2) is 68.8 Å². The average molecular weight is 779 g/mol. The third-order valence-corrected chi connectivity index (χ3v) is 11.2. The molecule has 2 rings (SSSR count). The Hall–Kier alpha value is -0.880. The molecule has 0 fully saturated rings. The van der Waals surface area contributed by atoms with E-state index in [0.717, 1.165) is 38.5 Å². The number of hydrogen-bond acceptors (Lipinski definition) is 7. The maximum absolute atomic E-state index is 11.8. The van der Waals surface area contributed by atoms with Crippen molar-refractivity contribution in [2.24, 2.45) is 0 Å². The molecule has 0 heterocycles. The van der Waals surface area contributed by atoms with E-state index in [4.69, 9.17) is 0 Å². The summed E-state index contributed by atoms with van der Waals surface area (Å²) in [7, 11) is -8.85. The summed E-state index contributed by atoms with van der Waals surface area (Å²) in [4.78, 5) is -0.515. The van der Waals surface area contributed by atoms with E-state index >= 15 is 0 Å². The molecule has 0 aromatic heterocycles. The molecular weight excluding hydrogens is 713 g/mol. The van der Waals surface area contributed by atoms with Gasteiger partial charge in [-0.2, -0.15) is 8.42 Å². The van der Waals surface area contributed by atoms with E-state index in [9.17, 15) is 36.2 Å². The van der Waals surface area contributed by atoms with Crippen LogP contribution >= 0.6 is 0 Å². The van der Waals surface area contributed by atoms with Crippen molar-refractivity contribution in [3.63, 3.8) is 0 Å². The van der Waals surface area contributed by atoms with E-state index in [1.807, 2.05) is 0 Å². The van der Waals surface area contributed by atoms with Gasteiger partial charge >= 0.3 is 37.7 Å². The van der Waals surface area contributed by atoms with Gasteiger partial charge in [0.15, 0.2) is 0 Å². The van der Waals surface area contributed by atoms with Gasteiger partial charge in [-0.1, -0.05) is 173 Å². The number of hydrogen-bond donors (Lipinski definition) is 2. The molecule has 0 spiro atoms. The van der Waals surface area contributed by atoms with Gasteiger partial charge in [0.2, 0.25) is 0 Å². The van der Waals surface area contributed by atoms with Gasteiger partial charge in [0.1, 0.15) is 20.8 Å². The summed E-state index contributed by atoms with van der Waals surface area (Å²) in [5.41, 5.74) is 0.488. The molecule has 2 aromatic carbocycles. The summed E-state index contributed by atoms with van der Waals surface area (Å²) in [6.07, 6.45) is 30.2. The molecule has 0 amide bonds. The third-order valence-electron chi connectivity index (χ3n) is 9.31. The molecule has 0 bridgehead atoms. The molecule has 0 saturated carbocycles. The smallest absolute Gasteiger partial charge is 0.872 e. The molecule has 0 saturated heterocycles. The Morgan fingerprint density at radius 2 is 0.843 bits per heavy atom. The van der Waals surface area contributed by atoms with Crippen molar-refractivity contribution in [1.82, 2.24) is 0 Å². The molecule has 0 aliphatic carbocycles. The van der Waals surface area contributed by atoms with Gasteiger partial charge in [-0.3, -0.25) is 4.55 Å². The second kappa shape index (κ2) is 30.4. The van der Waals surface area contributed by atoms with Crippen LogP contribution in [0, 0.1) is 0 Å². The van der Waals surface area contributed by atoms with Gasteiger partial charge in [0.05, 0.1) is 4.90 Å². The Bertz CT molecular complexity index is 1280. The van der Waals surface area contributed by atoms with E-state index < -0.39 is 20.2 Å². The standard InChI is InChI=1S/2C20H34O4S.Ca/c2*1-2-3-4-5-6-7-8-9-10-11-12-13-15-18-19(21)16-14-17-20(18)25(22,23)24;/h2*14,16-17,21H,2-13,15H2,1H3,(H,22,23,24);/q;;+2/p-2. The summed E-state index contributed by atoms with van der Waals surface area (Å²) in [5, 5.41) is 21.7. The number of rotatable bonds is 28. The maximum atomic E-state index is 11.8. The summed E-state index contributed by atoms with van der Waals surface area (Å²) in [6, 6.07) is 8.13. The van der Waals surface area contributed by atoms with E-state index in [2.05, 4.69) is 13.8 Å². The van der Waals surface area contributed by atoms with Gasteiger partial charge in [-0.05, 0) is 49.4 Å². The fraction of sp³-hybridized carbons (Fsp3) is 0.700. The van der Waals surface area contributed by atoms with Crippen molar-refractivity contribution in [3.8, 4) is 11.5 Å². The summed E-state index contributed by atoms with van der Waals surface area (Å²) >= 11 is 0. The number of aromatic hydroxyl groups is 1. The van der Waals surface area contributed by atoms with Crippen molar-refractivity contribution in [3.05, 3.63) is 47.5 Å². The van der Waals surface area contributed by atoms with Crippen LogP contribution in [0.5, 0.6) is 11.5 Å². The SMILES string of the molecule is CCCCCCCCCCCCCCc1c(O)cccc1S(=O)(=O)O.CCCCCCCCCCCCCCc1c([O-])cccc1S(=O)(=O)[O-].[Ca+2]. The van der Waals surface area contributed by atoms with E-state index in [1.165, 1.54) is 152 Å². The third kappa shape index (κ3) is 24.2. The predicted molar refractivity (Wildman–Crippen MR) is 207 cm³/mol. The minimum atomic E-state index is -4.57. The topological polar surface area (TPSA) is 155 Å². The van der Waals surface area contributed by atoms with Crippen molar-refractivity contribution < 1.29 is 36.2 Å². The monoisotopic (exact) mass is 778 g/mol. The Balaban J connectivity index is 0.000000962. The average Bonchev–Trinajstić information content (AvgIpc) is 3.06. The second-order valence-corrected chi connectivity index (χ2v) is 16.4. The van der Waals surface area contributed by atoms with E-state index in [0.29, 0.717) is 18.4 Å². The van der Waals surface area contributed by atoms with Gasteiger partial charge < -0.3 is 14.8 Å². The number of benzene rings is 2. The van der Waals surface area contributed by atoms with Crippen LogP contribution in [0.2, 0.25) is 0 Å². The first kappa shape index (κ1) is 50.1. The largest absolute Gasteiger partial charge is 2.00 e. The van der Waals surface area contributed by atoms with Crippen LogP contribution < -0.4 is 5.11 Å². The fourth-order valence-electron chi connectivity index (χ4n) is 6.36. The quantitative estimate of drug-likeness (QED) is 0.0491. The van der Waals surface area contributed by atoms with E-state index in [-0.39, 0.29) is 64.6 Å². The summed E-state index contributed by atoms with van der Waals surface area (Å²) in [6.45, 7) is 4.47. The fourth-order valence-corrected chi connectivity index (χ4v) is 7.88. The van der Waals surface area contributed by atoms with Crippen LogP contribution in [0.15, 0.2) is 46.2 Å². The van der Waals surface area contributed by atoms with Crippen LogP contribution in [0.3, 0.4) is 0 Å². The van der Waals surface area contributed by atoms with Crippen molar-refractivity contribution in [2.75, 3.05) is 0 Å². The molecule has 0 atom stereocenters. The maximum Gasteiger partial charge on any atom is 2.00 e. The van der Waals surface area contributed by atoms with Crippen LogP contribution in [0.1, 0.15) is 179 Å². The Labute approximate surface area is 341 Å². The molecule has 0 radical (unpaired) electrons. The minimum Gasteiger partial charge on any atom is -0.872 e. The molecule has 2 aromatic rings. The Morgan fingerprint density at radius 3 is 1.22 bits per heavy atom. The number of phenolic OH excluding ortho intramolecular Hbond substituents is 1. The van der Waals surface area contributed by atoms with Crippen LogP contribution in [-0.2, 0) is 33.1 Å². The molecule has 288 valence electrons. The zero-order valence-electron chi connectivity index (χ0n) is 31.7. The normalized spacial score (nSPS) is 11.5. The van der Waals surface area contributed by atoms with Gasteiger partial charge in [0.25, 0.3) is 10.1 Å². The molecule has 8 nitrogen and oxygen atoms in total. The van der Waals surface area contributed by atoms with E-state index in [1.54, 1.807) is 0 Å². The number of phenols is 1. The van der Waals surface area contributed by atoms with Crippen molar-refractivity contribution >= 4 is 58.0 Å². The summed E-state index contributed by atoms with van der Waals surface area (Å²) < 4.78 is 65.7. The zero-order valence-corrected chi connectivity index (χ0v) is 35.6. The van der Waals surface area contributed by atoms with Crippen LogP contribution in [0.4, 0.5) is 0 Å².